The Morgan fingerprint density at radius 3 is 3.06 bits per heavy atom. The van der Waals surface area contributed by atoms with Crippen LogP contribution in [0.4, 0.5) is 0 Å². The van der Waals surface area contributed by atoms with Crippen LogP contribution in [0, 0.1) is 5.92 Å². The van der Waals surface area contributed by atoms with Crippen LogP contribution in [0.1, 0.15) is 48.3 Å². The van der Waals surface area contributed by atoms with Crippen molar-refractivity contribution in [1.82, 2.24) is 4.37 Å². The Balaban J connectivity index is 2.31. The molecule has 5 heteroatoms. The molecule has 0 saturated heterocycles. The van der Waals surface area contributed by atoms with Crippen molar-refractivity contribution in [1.29, 1.82) is 0 Å². The quantitative estimate of drug-likeness (QED) is 0.782. The number of hydrogen-bond acceptors (Lipinski definition) is 4. The average molecular weight is 286 g/mol. The minimum Gasteiger partial charge on any atom is -0.462 e. The standard InChI is InChI=1S/C13H16ClNO2S/c1-3-17-13(16)10-11(18-15-12(10)14)9-6-4-8(2)5-7-9/h6,8H,3-5,7H2,1-2H3. The minimum atomic E-state index is -0.370. The molecule has 18 heavy (non-hydrogen) atoms. The van der Waals surface area contributed by atoms with Crippen molar-refractivity contribution in [3.05, 3.63) is 21.7 Å². The highest BCUT2D eigenvalue weighted by Crippen LogP contribution is 2.36. The van der Waals surface area contributed by atoms with E-state index in [1.165, 1.54) is 17.1 Å². The first-order valence-corrected chi connectivity index (χ1v) is 7.30. The third kappa shape index (κ3) is 2.75. The Morgan fingerprint density at radius 2 is 2.44 bits per heavy atom. The van der Waals surface area contributed by atoms with Gasteiger partial charge in [-0.1, -0.05) is 24.6 Å². The number of ether oxygens (including phenoxy) is 1. The predicted octanol–water partition coefficient (Wildman–Crippen LogP) is 4.18. The molecule has 0 spiro atoms. The van der Waals surface area contributed by atoms with Crippen molar-refractivity contribution in [3.63, 3.8) is 0 Å². The Kier molecular flexibility index (Phi) is 4.40. The first kappa shape index (κ1) is 13.6. The highest BCUT2D eigenvalue weighted by atomic mass is 35.5. The molecule has 0 radical (unpaired) electrons. The SMILES string of the molecule is CCOC(=O)c1c(Cl)nsc1C1=CCC(C)CC1. The third-order valence-electron chi connectivity index (χ3n) is 3.09. The van der Waals surface area contributed by atoms with Crippen LogP contribution in [0.5, 0.6) is 0 Å². The van der Waals surface area contributed by atoms with Crippen LogP contribution in [0.25, 0.3) is 5.57 Å². The molecule has 1 aliphatic carbocycles. The molecule has 0 N–H and O–H groups in total. The van der Waals surface area contributed by atoms with Crippen molar-refractivity contribution >= 4 is 34.7 Å². The molecule has 0 bridgehead atoms. The van der Waals surface area contributed by atoms with Gasteiger partial charge in [0.15, 0.2) is 5.15 Å². The molecule has 1 atom stereocenters. The summed E-state index contributed by atoms with van der Waals surface area (Å²) in [7, 11) is 0. The molecular weight excluding hydrogens is 270 g/mol. The largest absolute Gasteiger partial charge is 0.462 e. The molecule has 0 saturated carbocycles. The van der Waals surface area contributed by atoms with Gasteiger partial charge in [0, 0.05) is 0 Å². The van der Waals surface area contributed by atoms with E-state index in [9.17, 15) is 4.79 Å². The van der Waals surface area contributed by atoms with Gasteiger partial charge in [-0.05, 0) is 49.2 Å². The number of hydrogen-bond donors (Lipinski definition) is 0. The van der Waals surface area contributed by atoms with Crippen molar-refractivity contribution < 1.29 is 9.53 Å². The van der Waals surface area contributed by atoms with E-state index in [0.717, 1.165) is 24.1 Å². The molecule has 1 unspecified atom stereocenters. The summed E-state index contributed by atoms with van der Waals surface area (Å²) in [6.45, 7) is 4.37. The zero-order valence-corrected chi connectivity index (χ0v) is 12.1. The molecule has 1 aliphatic rings. The Labute approximate surface area is 116 Å². The highest BCUT2D eigenvalue weighted by molar-refractivity contribution is 7.07. The Morgan fingerprint density at radius 1 is 1.67 bits per heavy atom. The van der Waals surface area contributed by atoms with Gasteiger partial charge in [-0.3, -0.25) is 0 Å². The molecule has 98 valence electrons. The Bertz CT molecular complexity index is 481. The van der Waals surface area contributed by atoms with Gasteiger partial charge in [0.2, 0.25) is 0 Å². The maximum Gasteiger partial charge on any atom is 0.342 e. The van der Waals surface area contributed by atoms with Gasteiger partial charge in [-0.15, -0.1) is 0 Å². The van der Waals surface area contributed by atoms with Crippen LogP contribution in [-0.4, -0.2) is 16.9 Å². The van der Waals surface area contributed by atoms with Gasteiger partial charge >= 0.3 is 5.97 Å². The molecule has 0 aromatic carbocycles. The number of carbonyl (C=O) groups is 1. The average Bonchev–Trinajstić information content (AvgIpc) is 2.72. The van der Waals surface area contributed by atoms with Crippen LogP contribution >= 0.6 is 23.1 Å². The minimum absolute atomic E-state index is 0.257. The van der Waals surface area contributed by atoms with Crippen molar-refractivity contribution in [2.24, 2.45) is 5.92 Å². The number of allylic oxidation sites excluding steroid dienone is 2. The number of nitrogens with zero attached hydrogens (tertiary/aromatic N) is 1. The van der Waals surface area contributed by atoms with Crippen LogP contribution in [0.2, 0.25) is 5.15 Å². The predicted molar refractivity (Wildman–Crippen MR) is 74.1 cm³/mol. The topological polar surface area (TPSA) is 39.2 Å². The van der Waals surface area contributed by atoms with E-state index >= 15 is 0 Å². The maximum absolute atomic E-state index is 11.9. The summed E-state index contributed by atoms with van der Waals surface area (Å²) in [6, 6.07) is 0. The van der Waals surface area contributed by atoms with Gasteiger partial charge in [0.1, 0.15) is 5.56 Å². The lowest BCUT2D eigenvalue weighted by molar-refractivity contribution is 0.0526. The van der Waals surface area contributed by atoms with Gasteiger partial charge in [-0.25, -0.2) is 4.79 Å². The zero-order valence-electron chi connectivity index (χ0n) is 10.5. The summed E-state index contributed by atoms with van der Waals surface area (Å²) in [5.41, 5.74) is 1.62. The first-order valence-electron chi connectivity index (χ1n) is 6.15. The van der Waals surface area contributed by atoms with E-state index in [2.05, 4.69) is 17.4 Å². The summed E-state index contributed by atoms with van der Waals surface area (Å²) >= 11 is 7.28. The van der Waals surface area contributed by atoms with E-state index in [1.807, 2.05) is 0 Å². The molecular formula is C13H16ClNO2S. The van der Waals surface area contributed by atoms with E-state index in [1.54, 1.807) is 6.92 Å². The van der Waals surface area contributed by atoms with E-state index < -0.39 is 0 Å². The normalized spacial score (nSPS) is 19.5. The second kappa shape index (κ2) is 5.85. The van der Waals surface area contributed by atoms with E-state index in [4.69, 9.17) is 16.3 Å². The summed E-state index contributed by atoms with van der Waals surface area (Å²) in [5.74, 6) is 0.342. The third-order valence-corrected chi connectivity index (χ3v) is 4.39. The maximum atomic E-state index is 11.9. The van der Waals surface area contributed by atoms with Crippen molar-refractivity contribution in [2.45, 2.75) is 33.1 Å². The molecule has 0 aliphatic heterocycles. The molecule has 1 heterocycles. The molecule has 1 aromatic rings. The van der Waals surface area contributed by atoms with Crippen LogP contribution in [-0.2, 0) is 4.74 Å². The fraction of sp³-hybridized carbons (Fsp3) is 0.538. The summed E-state index contributed by atoms with van der Waals surface area (Å²) < 4.78 is 9.12. The lowest BCUT2D eigenvalue weighted by Crippen LogP contribution is -2.08. The number of esters is 1. The molecule has 0 fully saturated rings. The molecule has 1 aromatic heterocycles. The van der Waals surface area contributed by atoms with Crippen LogP contribution < -0.4 is 0 Å². The second-order valence-corrected chi connectivity index (χ2v) is 5.64. The van der Waals surface area contributed by atoms with Gasteiger partial charge < -0.3 is 4.74 Å². The van der Waals surface area contributed by atoms with Crippen molar-refractivity contribution in [2.75, 3.05) is 6.61 Å². The van der Waals surface area contributed by atoms with Gasteiger partial charge in [-0.2, -0.15) is 4.37 Å². The lowest BCUT2D eigenvalue weighted by atomic mass is 9.89. The summed E-state index contributed by atoms with van der Waals surface area (Å²) in [4.78, 5) is 12.8. The van der Waals surface area contributed by atoms with Crippen LogP contribution in [0.3, 0.4) is 0 Å². The fourth-order valence-electron chi connectivity index (χ4n) is 2.04. The molecule has 3 nitrogen and oxygen atoms in total. The number of aromatic nitrogens is 1. The Hall–Kier alpha value is -0.870. The highest BCUT2D eigenvalue weighted by Gasteiger charge is 2.24. The monoisotopic (exact) mass is 285 g/mol. The number of rotatable bonds is 3. The fourth-order valence-corrected chi connectivity index (χ4v) is 3.21. The van der Waals surface area contributed by atoms with E-state index in [-0.39, 0.29) is 11.1 Å². The molecule has 2 rings (SSSR count). The molecule has 0 amide bonds. The summed E-state index contributed by atoms with van der Waals surface area (Å²) in [5, 5.41) is 0.257. The number of carbonyl (C=O) groups excluding carboxylic acids is 1. The van der Waals surface area contributed by atoms with E-state index in [0.29, 0.717) is 18.1 Å². The lowest BCUT2D eigenvalue weighted by Gasteiger charge is -2.17. The van der Waals surface area contributed by atoms with Gasteiger partial charge in [0.25, 0.3) is 0 Å². The second-order valence-electron chi connectivity index (χ2n) is 4.51. The van der Waals surface area contributed by atoms with Crippen LogP contribution in [0.15, 0.2) is 6.08 Å². The zero-order chi connectivity index (χ0) is 13.1. The van der Waals surface area contributed by atoms with Crippen molar-refractivity contribution in [3.8, 4) is 0 Å². The number of halogens is 1. The van der Waals surface area contributed by atoms with Gasteiger partial charge in [0.05, 0.1) is 11.5 Å². The summed E-state index contributed by atoms with van der Waals surface area (Å²) in [6.07, 6.45) is 5.36. The first-order chi connectivity index (χ1) is 8.63. The smallest absolute Gasteiger partial charge is 0.342 e.